The van der Waals surface area contributed by atoms with Crippen molar-refractivity contribution in [2.24, 2.45) is 17.8 Å². The van der Waals surface area contributed by atoms with E-state index in [-0.39, 0.29) is 17.7 Å². The van der Waals surface area contributed by atoms with E-state index in [0.29, 0.717) is 17.5 Å². The Morgan fingerprint density at radius 1 is 1.15 bits per heavy atom. The highest BCUT2D eigenvalue weighted by atomic mass is 16.5. The van der Waals surface area contributed by atoms with Crippen molar-refractivity contribution in [3.05, 3.63) is 65.2 Å². The molecule has 4 rings (SSSR count). The first-order valence-corrected chi connectivity index (χ1v) is 12.2. The molecule has 2 aliphatic carbocycles. The molecule has 33 heavy (non-hydrogen) atoms. The molecule has 4 nitrogen and oxygen atoms in total. The summed E-state index contributed by atoms with van der Waals surface area (Å²) in [5.74, 6) is 1.80. The van der Waals surface area contributed by atoms with Crippen LogP contribution >= 0.6 is 0 Å². The lowest BCUT2D eigenvalue weighted by Gasteiger charge is -2.30. The topological polar surface area (TPSA) is 55.4 Å². The number of ketones is 1. The van der Waals surface area contributed by atoms with Crippen molar-refractivity contribution in [3.63, 3.8) is 0 Å². The molecule has 0 aromatic heterocycles. The SMILES string of the molecule is C=Cc1ccc(NC(=O)C2CCC(CC3CCCc4c(C)cccc4C3=O)CC2)cc1OC. The third-order valence-corrected chi connectivity index (χ3v) is 7.58. The zero-order chi connectivity index (χ0) is 23.4. The summed E-state index contributed by atoms with van der Waals surface area (Å²) in [6, 6.07) is 11.8. The van der Waals surface area contributed by atoms with Gasteiger partial charge in [0.15, 0.2) is 5.78 Å². The average Bonchev–Trinajstić information content (AvgIpc) is 2.99. The second-order valence-corrected chi connectivity index (χ2v) is 9.66. The van der Waals surface area contributed by atoms with Gasteiger partial charge in [-0.1, -0.05) is 30.9 Å². The molecule has 1 unspecified atom stereocenters. The van der Waals surface area contributed by atoms with Gasteiger partial charge in [-0.05, 0) is 87.5 Å². The van der Waals surface area contributed by atoms with Crippen molar-refractivity contribution in [2.45, 2.75) is 58.3 Å². The molecule has 1 N–H and O–H groups in total. The predicted molar refractivity (Wildman–Crippen MR) is 134 cm³/mol. The Balaban J connectivity index is 1.32. The number of aryl methyl sites for hydroxylation is 1. The first-order chi connectivity index (χ1) is 16.0. The molecular weight excluding hydrogens is 410 g/mol. The van der Waals surface area contributed by atoms with Crippen LogP contribution in [0.5, 0.6) is 5.75 Å². The van der Waals surface area contributed by atoms with Crippen LogP contribution in [0, 0.1) is 24.7 Å². The van der Waals surface area contributed by atoms with Gasteiger partial charge < -0.3 is 10.1 Å². The van der Waals surface area contributed by atoms with Gasteiger partial charge in [0.2, 0.25) is 5.91 Å². The molecule has 0 aliphatic heterocycles. The smallest absolute Gasteiger partial charge is 0.227 e. The van der Waals surface area contributed by atoms with Crippen LogP contribution in [0.4, 0.5) is 5.69 Å². The lowest BCUT2D eigenvalue weighted by atomic mass is 9.76. The molecule has 1 amide bonds. The van der Waals surface area contributed by atoms with Crippen molar-refractivity contribution in [1.82, 2.24) is 0 Å². The van der Waals surface area contributed by atoms with Crippen LogP contribution in [0.3, 0.4) is 0 Å². The lowest BCUT2D eigenvalue weighted by Crippen LogP contribution is -2.28. The standard InChI is InChI=1S/C29H35NO3/c1-4-21-15-16-24(18-27(21)33-3)30-29(32)22-13-11-20(12-14-22)17-23-8-6-9-25-19(2)7-5-10-26(25)28(23)31/h4-5,7,10,15-16,18,20,22-23H,1,6,8-9,11-14,17H2,2-3H3,(H,30,32). The van der Waals surface area contributed by atoms with Crippen molar-refractivity contribution in [2.75, 3.05) is 12.4 Å². The van der Waals surface area contributed by atoms with Gasteiger partial charge >= 0.3 is 0 Å². The molecule has 0 bridgehead atoms. The molecule has 1 atom stereocenters. The highest BCUT2D eigenvalue weighted by molar-refractivity contribution is 5.99. The molecule has 0 heterocycles. The molecular formula is C29H35NO3. The monoisotopic (exact) mass is 445 g/mol. The number of nitrogens with one attached hydrogen (secondary N) is 1. The van der Waals surface area contributed by atoms with Gasteiger partial charge in [0.1, 0.15) is 5.75 Å². The van der Waals surface area contributed by atoms with E-state index in [9.17, 15) is 9.59 Å². The van der Waals surface area contributed by atoms with Crippen LogP contribution in [0.15, 0.2) is 43.0 Å². The van der Waals surface area contributed by atoms with Gasteiger partial charge in [-0.3, -0.25) is 9.59 Å². The van der Waals surface area contributed by atoms with Gasteiger partial charge in [-0.15, -0.1) is 0 Å². The number of carbonyl (C=O) groups excluding carboxylic acids is 2. The minimum Gasteiger partial charge on any atom is -0.496 e. The van der Waals surface area contributed by atoms with Crippen LogP contribution < -0.4 is 10.1 Å². The van der Waals surface area contributed by atoms with Crippen LogP contribution in [0.1, 0.15) is 72.0 Å². The third-order valence-electron chi connectivity index (χ3n) is 7.58. The molecule has 0 saturated heterocycles. The molecule has 1 fully saturated rings. The fraction of sp³-hybridized carbons (Fsp3) is 0.448. The maximum Gasteiger partial charge on any atom is 0.227 e. The summed E-state index contributed by atoms with van der Waals surface area (Å²) in [5.41, 5.74) is 5.10. The molecule has 0 radical (unpaired) electrons. The summed E-state index contributed by atoms with van der Waals surface area (Å²) in [6.07, 6.45) is 9.57. The number of hydrogen-bond donors (Lipinski definition) is 1. The highest BCUT2D eigenvalue weighted by Crippen LogP contribution is 2.37. The Morgan fingerprint density at radius 2 is 1.94 bits per heavy atom. The number of carbonyl (C=O) groups is 2. The van der Waals surface area contributed by atoms with Gasteiger partial charge in [0.05, 0.1) is 7.11 Å². The first-order valence-electron chi connectivity index (χ1n) is 12.2. The maximum absolute atomic E-state index is 13.3. The molecule has 174 valence electrons. The number of Topliss-reactive ketones (excluding diaryl/α,β-unsaturated/α-hetero) is 1. The summed E-state index contributed by atoms with van der Waals surface area (Å²) >= 11 is 0. The van der Waals surface area contributed by atoms with E-state index >= 15 is 0 Å². The Hall–Kier alpha value is -2.88. The number of fused-ring (bicyclic) bond motifs is 1. The van der Waals surface area contributed by atoms with Crippen molar-refractivity contribution >= 4 is 23.5 Å². The van der Waals surface area contributed by atoms with Crippen LogP contribution in [0.2, 0.25) is 0 Å². The van der Waals surface area contributed by atoms with E-state index in [1.54, 1.807) is 13.2 Å². The lowest BCUT2D eigenvalue weighted by molar-refractivity contribution is -0.121. The van der Waals surface area contributed by atoms with Crippen molar-refractivity contribution < 1.29 is 14.3 Å². The van der Waals surface area contributed by atoms with Gasteiger partial charge in [-0.25, -0.2) is 0 Å². The van der Waals surface area contributed by atoms with E-state index in [0.717, 1.165) is 68.2 Å². The van der Waals surface area contributed by atoms with Crippen molar-refractivity contribution in [3.8, 4) is 5.75 Å². The fourth-order valence-corrected chi connectivity index (χ4v) is 5.63. The minimum absolute atomic E-state index is 0.0273. The predicted octanol–water partition coefficient (Wildman–Crippen LogP) is 6.62. The number of rotatable bonds is 6. The Labute approximate surface area is 197 Å². The van der Waals surface area contributed by atoms with E-state index in [4.69, 9.17) is 4.74 Å². The number of methoxy groups -OCH3 is 1. The van der Waals surface area contributed by atoms with Gasteiger partial charge in [0, 0.05) is 34.7 Å². The minimum atomic E-state index is 0.0273. The second-order valence-electron chi connectivity index (χ2n) is 9.66. The summed E-state index contributed by atoms with van der Waals surface area (Å²) in [6.45, 7) is 5.90. The molecule has 0 spiro atoms. The summed E-state index contributed by atoms with van der Waals surface area (Å²) in [4.78, 5) is 26.1. The summed E-state index contributed by atoms with van der Waals surface area (Å²) in [7, 11) is 1.62. The third kappa shape index (κ3) is 5.21. The van der Waals surface area contributed by atoms with Crippen LogP contribution in [-0.4, -0.2) is 18.8 Å². The number of ether oxygens (including phenoxy) is 1. The Kier molecular flexibility index (Phi) is 7.32. The molecule has 2 aliphatic rings. The summed E-state index contributed by atoms with van der Waals surface area (Å²) < 4.78 is 5.39. The second kappa shape index (κ2) is 10.4. The molecule has 4 heteroatoms. The normalized spacial score (nSPS) is 22.7. The molecule has 1 saturated carbocycles. The number of anilines is 1. The molecule has 2 aromatic rings. The molecule has 2 aromatic carbocycles. The van der Waals surface area contributed by atoms with E-state index in [1.165, 1.54) is 11.1 Å². The van der Waals surface area contributed by atoms with E-state index in [2.05, 4.69) is 24.9 Å². The number of amides is 1. The fourth-order valence-electron chi connectivity index (χ4n) is 5.63. The Bertz CT molecular complexity index is 1030. The Morgan fingerprint density at radius 3 is 2.67 bits per heavy atom. The average molecular weight is 446 g/mol. The number of hydrogen-bond acceptors (Lipinski definition) is 3. The maximum atomic E-state index is 13.3. The van der Waals surface area contributed by atoms with E-state index in [1.807, 2.05) is 30.3 Å². The van der Waals surface area contributed by atoms with Gasteiger partial charge in [0.25, 0.3) is 0 Å². The quantitative estimate of drug-likeness (QED) is 0.509. The largest absolute Gasteiger partial charge is 0.496 e. The van der Waals surface area contributed by atoms with Crippen molar-refractivity contribution in [1.29, 1.82) is 0 Å². The van der Waals surface area contributed by atoms with Gasteiger partial charge in [-0.2, -0.15) is 0 Å². The zero-order valence-corrected chi connectivity index (χ0v) is 19.9. The van der Waals surface area contributed by atoms with E-state index < -0.39 is 0 Å². The zero-order valence-electron chi connectivity index (χ0n) is 19.9. The number of benzene rings is 2. The van der Waals surface area contributed by atoms with Crippen LogP contribution in [-0.2, 0) is 11.2 Å². The van der Waals surface area contributed by atoms with Crippen LogP contribution in [0.25, 0.3) is 6.08 Å². The first kappa shape index (κ1) is 23.3. The summed E-state index contributed by atoms with van der Waals surface area (Å²) in [5, 5.41) is 3.06. The highest BCUT2D eigenvalue weighted by Gasteiger charge is 2.32.